The number of pyridine rings is 1. The van der Waals surface area contributed by atoms with E-state index in [1.165, 1.54) is 20.9 Å². The van der Waals surface area contributed by atoms with Gasteiger partial charge in [-0.15, -0.1) is 11.3 Å². The summed E-state index contributed by atoms with van der Waals surface area (Å²) in [4.78, 5) is 61.2. The normalized spacial score (nSPS) is 23.8. The number of nitrogens with zero attached hydrogens (tertiary/aromatic N) is 8. The number of rotatable bonds is 6. The lowest BCUT2D eigenvalue weighted by molar-refractivity contribution is -0.155. The van der Waals surface area contributed by atoms with E-state index in [0.717, 1.165) is 25.3 Å². The largest absolute Gasteiger partial charge is 0.464 e. The fraction of sp³-hybridized carbons (Fsp3) is 0.612. The van der Waals surface area contributed by atoms with Gasteiger partial charge in [-0.05, 0) is 70.8 Å². The van der Waals surface area contributed by atoms with Crippen molar-refractivity contribution < 1.29 is 41.8 Å². The third kappa shape index (κ3) is 14.7. The molecule has 3 amide bonds. The number of morpholine rings is 1. The van der Waals surface area contributed by atoms with Gasteiger partial charge in [-0.3, -0.25) is 24.5 Å². The van der Waals surface area contributed by atoms with Crippen LogP contribution < -0.4 is 15.6 Å². The number of esters is 1. The molecule has 5 aliphatic heterocycles. The van der Waals surface area contributed by atoms with Gasteiger partial charge in [0.1, 0.15) is 18.6 Å². The van der Waals surface area contributed by atoms with Crippen LogP contribution in [0.1, 0.15) is 69.8 Å². The average molecular weight is 1180 g/mol. The summed E-state index contributed by atoms with van der Waals surface area (Å²) in [6.45, 7) is 14.4. The Labute approximate surface area is 484 Å². The van der Waals surface area contributed by atoms with Gasteiger partial charge < -0.3 is 38.8 Å². The molecule has 16 nitrogen and oxygen atoms in total. The van der Waals surface area contributed by atoms with E-state index in [9.17, 15) is 14.4 Å². The molecule has 2 N–H and O–H groups in total. The number of thiazole rings is 1. The van der Waals surface area contributed by atoms with Gasteiger partial charge in [-0.1, -0.05) is 19.9 Å². The summed E-state index contributed by atoms with van der Waals surface area (Å²) in [6.07, 6.45) is -2.17. The van der Waals surface area contributed by atoms with Crippen molar-refractivity contribution in [1.82, 2.24) is 45.0 Å². The zero-order valence-corrected chi connectivity index (χ0v) is 50.4. The van der Waals surface area contributed by atoms with Gasteiger partial charge >= 0.3 is 18.2 Å². The summed E-state index contributed by atoms with van der Waals surface area (Å²) in [6, 6.07) is 5.08. The highest BCUT2D eigenvalue weighted by atomic mass is 32.1. The number of carbonyl (C=O) groups excluding carboxylic acids is 3. The number of aromatic nitrogens is 3. The van der Waals surface area contributed by atoms with E-state index >= 15 is 13.2 Å². The summed E-state index contributed by atoms with van der Waals surface area (Å²) in [5.74, 6) is -0.949. The molecule has 4 fully saturated rings. The molecule has 4 aromatic rings. The predicted octanol–water partition coefficient (Wildman–Crippen LogP) is 6.56. The number of ether oxygens (including phenoxy) is 3. The van der Waals surface area contributed by atoms with E-state index in [1.54, 1.807) is 30.3 Å². The Morgan fingerprint density at radius 2 is 1.73 bits per heavy atom. The molecule has 6 bridgehead atoms. The van der Waals surface area contributed by atoms with Crippen LogP contribution in [0.5, 0.6) is 0 Å². The van der Waals surface area contributed by atoms with Crippen molar-refractivity contribution in [2.45, 2.75) is 109 Å². The molecule has 4 saturated heterocycles. The molecule has 0 unspecified atom stereocenters. The van der Waals surface area contributed by atoms with Gasteiger partial charge in [-0.25, -0.2) is 15.2 Å². The number of carbonyl (C=O) groups is 3. The quantitative estimate of drug-likeness (QED) is 0.202. The number of amides is 3. The highest BCUT2D eigenvalue weighted by Crippen LogP contribution is 2.44. The standard InChI is InChI=1S/C49H65F3N10O6S.6H2S/c1-29-22-57(6)23-30(2)62(29)47(65)55-39-19-42-54-40(26-69-42)32-10-11-41-35(17-32)37(20-48(4,5)28-68-46(64)38-9-8-12-61(56-38)45(39)63)44(60(41)27-49(50,51)52)36-18-33(21-53-43(36)31(3)66-7)59-14-13-58-15-16-67-25-34(58)24-59;;;;;;/h10-11,17-18,21,26,29-31,34,38-39,56H,8-9,12-16,19-20,22-25,27-28H2,1-7H3,(H,55,65);6*1H2/t29-,30-,31-,34-,38-,39-;;;;;;/m0....../s1. The number of benzene rings is 1. The molecule has 9 rings (SSSR count). The van der Waals surface area contributed by atoms with E-state index in [1.807, 2.05) is 59.2 Å². The average Bonchev–Trinajstić information content (AvgIpc) is 3.90. The summed E-state index contributed by atoms with van der Waals surface area (Å²) in [5, 5.41) is 7.51. The lowest BCUT2D eigenvalue weighted by atomic mass is 9.84. The van der Waals surface area contributed by atoms with Gasteiger partial charge in [0.2, 0.25) is 0 Å². The Balaban J connectivity index is 0.00000247. The minimum Gasteiger partial charge on any atom is -0.464 e. The summed E-state index contributed by atoms with van der Waals surface area (Å²) < 4.78 is 64.3. The first-order chi connectivity index (χ1) is 32.9. The molecule has 8 heterocycles. The number of hydrazine groups is 1. The molecular formula is C49H77F3N10O6S7. The predicted molar refractivity (Wildman–Crippen MR) is 319 cm³/mol. The van der Waals surface area contributed by atoms with Crippen molar-refractivity contribution >= 4 is 127 Å². The van der Waals surface area contributed by atoms with E-state index in [0.29, 0.717) is 102 Å². The maximum absolute atomic E-state index is 15.1. The van der Waals surface area contributed by atoms with Crippen molar-refractivity contribution in [3.05, 3.63) is 52.1 Å². The number of piperazine rings is 2. The zero-order valence-electron chi connectivity index (χ0n) is 43.6. The number of cyclic esters (lactones) is 1. The van der Waals surface area contributed by atoms with Crippen molar-refractivity contribution in [3.8, 4) is 22.5 Å². The van der Waals surface area contributed by atoms with E-state index in [-0.39, 0.29) is 125 Å². The Bertz CT molecular complexity index is 2570. The monoisotopic (exact) mass is 1180 g/mol. The van der Waals surface area contributed by atoms with Crippen molar-refractivity contribution in [2.75, 3.05) is 84.7 Å². The molecule has 0 spiro atoms. The Morgan fingerprint density at radius 3 is 2.43 bits per heavy atom. The molecule has 75 heavy (non-hydrogen) atoms. The van der Waals surface area contributed by atoms with Crippen LogP contribution in [0.3, 0.4) is 0 Å². The highest BCUT2D eigenvalue weighted by Gasteiger charge is 2.40. The van der Waals surface area contributed by atoms with Crippen LogP contribution in [0.4, 0.5) is 23.7 Å². The number of methoxy groups -OCH3 is 1. The van der Waals surface area contributed by atoms with E-state index in [4.69, 9.17) is 24.2 Å². The summed E-state index contributed by atoms with van der Waals surface area (Å²) in [5.41, 5.74) is 6.77. The topological polar surface area (TPSA) is 150 Å². The molecular weight excluding hydrogens is 1110 g/mol. The molecule has 422 valence electrons. The van der Waals surface area contributed by atoms with Crippen LogP contribution in [0.25, 0.3) is 33.4 Å². The molecule has 5 aliphatic rings. The van der Waals surface area contributed by atoms with Crippen molar-refractivity contribution in [2.24, 2.45) is 5.41 Å². The molecule has 6 atom stereocenters. The van der Waals surface area contributed by atoms with Crippen LogP contribution in [-0.2, 0) is 43.2 Å². The third-order valence-corrected chi connectivity index (χ3v) is 15.2. The van der Waals surface area contributed by atoms with E-state index < -0.39 is 48.2 Å². The van der Waals surface area contributed by atoms with Crippen LogP contribution in [0, 0.1) is 5.41 Å². The van der Waals surface area contributed by atoms with Gasteiger partial charge in [0.25, 0.3) is 5.91 Å². The Morgan fingerprint density at radius 1 is 1.01 bits per heavy atom. The van der Waals surface area contributed by atoms with Crippen molar-refractivity contribution in [1.29, 1.82) is 0 Å². The number of likely N-dealkylation sites (N-methyl/N-ethyl adjacent to an activating group) is 1. The molecule has 26 heteroatoms. The third-order valence-electron chi connectivity index (χ3n) is 14.4. The number of halogens is 3. The molecule has 1 aromatic carbocycles. The number of urea groups is 1. The number of alkyl halides is 3. The first kappa shape index (κ1) is 66.5. The van der Waals surface area contributed by atoms with Gasteiger partial charge in [0, 0.05) is 104 Å². The Kier molecular flexibility index (Phi) is 24.3. The fourth-order valence-corrected chi connectivity index (χ4v) is 11.8. The number of fused-ring (bicyclic) bond motifs is 7. The first-order valence-electron chi connectivity index (χ1n) is 24.1. The minimum atomic E-state index is -4.60. The lowest BCUT2D eigenvalue weighted by Gasteiger charge is -2.44. The second-order valence-corrected chi connectivity index (χ2v) is 21.3. The molecule has 3 aromatic heterocycles. The van der Waals surface area contributed by atoms with E-state index in [2.05, 4.69) is 25.4 Å². The van der Waals surface area contributed by atoms with Gasteiger partial charge in [0.05, 0.1) is 65.9 Å². The zero-order chi connectivity index (χ0) is 48.9. The fourth-order valence-electron chi connectivity index (χ4n) is 11.0. The SMILES string of the molecule is CO[C@@H](C)c1ncc(N2CCN3CCOC[C@@H]3C2)cc1-c1c2c3cc(ccc3n1CC(F)(F)F)-c1csc(n1)C[C@H](NC(=O)N1[C@@H](C)CN(C)C[C@@H]1C)C(=O)N1CCC[C@H](N1)C(=O)OCC(C)(C)C2.S.S.S.S.S.S. The number of nitrogens with one attached hydrogen (secondary N) is 2. The van der Waals surface area contributed by atoms with Crippen LogP contribution in [0.2, 0.25) is 0 Å². The number of anilines is 1. The van der Waals surface area contributed by atoms with Gasteiger partial charge in [-0.2, -0.15) is 94.1 Å². The smallest absolute Gasteiger partial charge is 0.406 e. The molecule has 0 saturated carbocycles. The Hall–Kier alpha value is -2.76. The molecule has 0 aliphatic carbocycles. The van der Waals surface area contributed by atoms with Gasteiger partial charge in [0.15, 0.2) is 0 Å². The second-order valence-electron chi connectivity index (χ2n) is 20.4. The number of hydrogen-bond donors (Lipinski definition) is 2. The highest BCUT2D eigenvalue weighted by molar-refractivity contribution is 7.60. The summed E-state index contributed by atoms with van der Waals surface area (Å²) >= 11 is 1.34. The first-order valence-corrected chi connectivity index (χ1v) is 25.0. The lowest BCUT2D eigenvalue weighted by Crippen LogP contribution is -2.64. The number of hydrogen-bond acceptors (Lipinski definition) is 13. The summed E-state index contributed by atoms with van der Waals surface area (Å²) in [7, 11) is 3.58. The maximum atomic E-state index is 15.1. The minimum absolute atomic E-state index is 0. The van der Waals surface area contributed by atoms with Crippen molar-refractivity contribution in [3.63, 3.8) is 0 Å². The molecule has 0 radical (unpaired) electrons. The van der Waals surface area contributed by atoms with Crippen LogP contribution in [0.15, 0.2) is 35.8 Å². The van der Waals surface area contributed by atoms with Crippen LogP contribution in [-0.4, -0.2) is 168 Å². The second kappa shape index (κ2) is 27.4. The van der Waals surface area contributed by atoms with Crippen LogP contribution >= 0.6 is 92.3 Å². The maximum Gasteiger partial charge on any atom is 0.406 e.